The second-order valence-electron chi connectivity index (χ2n) is 7.94. The van der Waals surface area contributed by atoms with E-state index in [-0.39, 0.29) is 17.0 Å². The highest BCUT2D eigenvalue weighted by Gasteiger charge is 2.31. The number of hydrogen-bond donors (Lipinski definition) is 0. The van der Waals surface area contributed by atoms with Crippen LogP contribution in [0.1, 0.15) is 32.0 Å². The smallest absolute Gasteiger partial charge is 0.357 e. The summed E-state index contributed by atoms with van der Waals surface area (Å²) in [5, 5.41) is 4.63. The van der Waals surface area contributed by atoms with Gasteiger partial charge in [-0.15, -0.1) is 0 Å². The minimum atomic E-state index is -0.720. The summed E-state index contributed by atoms with van der Waals surface area (Å²) in [6.45, 7) is 2.34. The van der Waals surface area contributed by atoms with Crippen molar-refractivity contribution in [2.24, 2.45) is 0 Å². The second-order valence-corrected chi connectivity index (χ2v) is 7.94. The van der Waals surface area contributed by atoms with E-state index in [4.69, 9.17) is 18.9 Å². The second kappa shape index (κ2) is 10.8. The van der Waals surface area contributed by atoms with Crippen molar-refractivity contribution in [2.75, 3.05) is 21.3 Å². The maximum absolute atomic E-state index is 12.9. The average molecular weight is 487 g/mol. The van der Waals surface area contributed by atoms with Crippen molar-refractivity contribution < 1.29 is 28.5 Å². The van der Waals surface area contributed by atoms with Gasteiger partial charge in [0.05, 0.1) is 27.0 Å². The number of para-hydroxylation sites is 1. The molecular weight excluding hydrogens is 460 g/mol. The Hall–Kier alpha value is -4.59. The Morgan fingerprint density at radius 1 is 0.833 bits per heavy atom. The molecule has 1 heterocycles. The van der Waals surface area contributed by atoms with Crippen molar-refractivity contribution in [3.05, 3.63) is 95.2 Å². The van der Waals surface area contributed by atoms with Crippen LogP contribution in [0.2, 0.25) is 0 Å². The lowest BCUT2D eigenvalue weighted by Gasteiger charge is -2.12. The Kier molecular flexibility index (Phi) is 7.34. The van der Waals surface area contributed by atoms with Gasteiger partial charge in [-0.1, -0.05) is 48.0 Å². The van der Waals surface area contributed by atoms with Crippen LogP contribution in [0.15, 0.2) is 72.8 Å². The summed E-state index contributed by atoms with van der Waals surface area (Å²) < 4.78 is 22.9. The largest absolute Gasteiger partial charge is 0.493 e. The number of methoxy groups -OCH3 is 3. The lowest BCUT2D eigenvalue weighted by Crippen LogP contribution is -2.15. The fourth-order valence-electron chi connectivity index (χ4n) is 3.74. The molecule has 0 bridgehead atoms. The maximum Gasteiger partial charge on any atom is 0.357 e. The van der Waals surface area contributed by atoms with Crippen molar-refractivity contribution in [3.8, 4) is 28.4 Å². The van der Waals surface area contributed by atoms with E-state index in [1.807, 2.05) is 37.3 Å². The minimum Gasteiger partial charge on any atom is -0.493 e. The molecule has 8 nitrogen and oxygen atoms in total. The van der Waals surface area contributed by atoms with E-state index in [0.29, 0.717) is 29.4 Å². The zero-order chi connectivity index (χ0) is 25.7. The van der Waals surface area contributed by atoms with Crippen LogP contribution in [0.3, 0.4) is 0 Å². The Balaban J connectivity index is 1.84. The van der Waals surface area contributed by atoms with Crippen molar-refractivity contribution in [1.29, 1.82) is 0 Å². The predicted molar refractivity (Wildman–Crippen MR) is 134 cm³/mol. The Morgan fingerprint density at radius 2 is 1.53 bits per heavy atom. The molecule has 0 atom stereocenters. The molecule has 0 aliphatic heterocycles. The van der Waals surface area contributed by atoms with Gasteiger partial charge in [0, 0.05) is 5.56 Å². The predicted octanol–water partition coefficient (Wildman–Crippen LogP) is 5.01. The lowest BCUT2D eigenvalue weighted by atomic mass is 10.0. The van der Waals surface area contributed by atoms with Gasteiger partial charge in [0.2, 0.25) is 0 Å². The summed E-state index contributed by atoms with van der Waals surface area (Å²) in [7, 11) is 4.04. The van der Waals surface area contributed by atoms with E-state index in [1.165, 1.54) is 18.9 Å². The van der Waals surface area contributed by atoms with Gasteiger partial charge in [-0.25, -0.2) is 14.3 Å². The number of rotatable bonds is 8. The van der Waals surface area contributed by atoms with E-state index in [2.05, 4.69) is 5.10 Å². The van der Waals surface area contributed by atoms with E-state index in [0.717, 1.165) is 11.1 Å². The topological polar surface area (TPSA) is 88.9 Å². The van der Waals surface area contributed by atoms with Crippen LogP contribution in [0, 0.1) is 6.92 Å². The molecule has 8 heteroatoms. The molecule has 0 saturated carbocycles. The quantitative estimate of drug-likeness (QED) is 0.324. The molecular formula is C28H26N2O6. The van der Waals surface area contributed by atoms with Crippen LogP contribution in [-0.4, -0.2) is 43.0 Å². The minimum absolute atomic E-state index is 0.0112. The summed E-state index contributed by atoms with van der Waals surface area (Å²) in [6.07, 6.45) is 0. The molecule has 0 saturated heterocycles. The third kappa shape index (κ3) is 4.93. The highest BCUT2D eigenvalue weighted by molar-refractivity contribution is 6.06. The fraction of sp³-hybridized carbons (Fsp3) is 0.179. The number of hydrogen-bond acceptors (Lipinski definition) is 7. The van der Waals surface area contributed by atoms with Crippen LogP contribution >= 0.6 is 0 Å². The van der Waals surface area contributed by atoms with Gasteiger partial charge in [0.1, 0.15) is 17.9 Å². The van der Waals surface area contributed by atoms with Crippen LogP contribution < -0.4 is 9.47 Å². The van der Waals surface area contributed by atoms with Gasteiger partial charge >= 0.3 is 11.9 Å². The first kappa shape index (κ1) is 24.5. The monoisotopic (exact) mass is 486 g/mol. The van der Waals surface area contributed by atoms with E-state index in [1.54, 1.807) is 49.6 Å². The highest BCUT2D eigenvalue weighted by atomic mass is 16.5. The molecule has 3 aromatic carbocycles. The summed E-state index contributed by atoms with van der Waals surface area (Å²) >= 11 is 0. The molecule has 0 radical (unpaired) electrons. The number of carbonyl (C=O) groups is 2. The molecule has 184 valence electrons. The van der Waals surface area contributed by atoms with Crippen LogP contribution in [0.25, 0.3) is 16.9 Å². The molecule has 0 aliphatic rings. The highest BCUT2D eigenvalue weighted by Crippen LogP contribution is 2.36. The third-order valence-electron chi connectivity index (χ3n) is 5.61. The first-order valence-corrected chi connectivity index (χ1v) is 11.2. The maximum atomic E-state index is 12.9. The SMILES string of the molecule is COC(=O)c1c(-c2ccc(OC)c(OCc3ccc(C)cc3)c2)nn(-c2ccccc2)c1C(=O)OC. The number of aromatic nitrogens is 2. The first-order valence-electron chi connectivity index (χ1n) is 11.2. The zero-order valence-electron chi connectivity index (χ0n) is 20.5. The van der Waals surface area contributed by atoms with Crippen LogP contribution in [0.5, 0.6) is 11.5 Å². The normalized spacial score (nSPS) is 10.6. The van der Waals surface area contributed by atoms with Gasteiger partial charge in [0.25, 0.3) is 0 Å². The number of nitrogens with zero attached hydrogens (tertiary/aromatic N) is 2. The van der Waals surface area contributed by atoms with Gasteiger partial charge in [-0.05, 0) is 42.8 Å². The Bertz CT molecular complexity index is 1380. The van der Waals surface area contributed by atoms with Crippen LogP contribution in [0.4, 0.5) is 0 Å². The number of esters is 2. The van der Waals surface area contributed by atoms with E-state index >= 15 is 0 Å². The molecule has 0 aliphatic carbocycles. The average Bonchev–Trinajstić information content (AvgIpc) is 3.33. The summed E-state index contributed by atoms with van der Waals surface area (Å²) in [5.74, 6) is -0.464. The molecule has 4 aromatic rings. The molecule has 36 heavy (non-hydrogen) atoms. The van der Waals surface area contributed by atoms with Gasteiger partial charge in [0.15, 0.2) is 17.2 Å². The Morgan fingerprint density at radius 3 is 2.17 bits per heavy atom. The van der Waals surface area contributed by atoms with Crippen molar-refractivity contribution in [3.63, 3.8) is 0 Å². The third-order valence-corrected chi connectivity index (χ3v) is 5.61. The van der Waals surface area contributed by atoms with Crippen molar-refractivity contribution >= 4 is 11.9 Å². The molecule has 0 spiro atoms. The molecule has 0 amide bonds. The van der Waals surface area contributed by atoms with Crippen molar-refractivity contribution in [2.45, 2.75) is 13.5 Å². The number of aryl methyl sites for hydroxylation is 1. The molecule has 0 N–H and O–H groups in total. The molecule has 4 rings (SSSR count). The molecule has 0 fully saturated rings. The summed E-state index contributed by atoms with van der Waals surface area (Å²) in [4.78, 5) is 25.7. The lowest BCUT2D eigenvalue weighted by molar-refractivity contribution is 0.0549. The van der Waals surface area contributed by atoms with Gasteiger partial charge < -0.3 is 18.9 Å². The number of benzene rings is 3. The molecule has 1 aromatic heterocycles. The Labute approximate surface area is 209 Å². The number of ether oxygens (including phenoxy) is 4. The van der Waals surface area contributed by atoms with E-state index in [9.17, 15) is 9.59 Å². The van der Waals surface area contributed by atoms with Gasteiger partial charge in [-0.3, -0.25) is 0 Å². The fourth-order valence-corrected chi connectivity index (χ4v) is 3.74. The summed E-state index contributed by atoms with van der Waals surface area (Å²) in [6, 6.07) is 22.2. The number of carbonyl (C=O) groups excluding carboxylic acids is 2. The van der Waals surface area contributed by atoms with E-state index < -0.39 is 11.9 Å². The standard InChI is InChI=1S/C28H26N2O6/c1-18-10-12-19(13-11-18)17-36-23-16-20(14-15-22(23)33-2)25-24(27(31)34-3)26(28(32)35-4)30(29-25)21-8-6-5-7-9-21/h5-16H,17H2,1-4H3. The van der Waals surface area contributed by atoms with Crippen molar-refractivity contribution in [1.82, 2.24) is 9.78 Å². The van der Waals surface area contributed by atoms with Gasteiger partial charge in [-0.2, -0.15) is 5.10 Å². The van der Waals surface area contributed by atoms with Crippen LogP contribution in [-0.2, 0) is 16.1 Å². The molecule has 0 unspecified atom stereocenters. The summed E-state index contributed by atoms with van der Waals surface area (Å²) in [5.41, 5.74) is 3.46. The first-order chi connectivity index (χ1) is 17.5. The zero-order valence-corrected chi connectivity index (χ0v) is 20.5.